The first kappa shape index (κ1) is 14.3. The molecule has 2 atom stereocenters. The van der Waals surface area contributed by atoms with Gasteiger partial charge in [0.25, 0.3) is 0 Å². The van der Waals surface area contributed by atoms with E-state index < -0.39 is 0 Å². The molecule has 2 rings (SSSR count). The highest BCUT2D eigenvalue weighted by Gasteiger charge is 2.24. The summed E-state index contributed by atoms with van der Waals surface area (Å²) in [5.41, 5.74) is 7.59. The van der Waals surface area contributed by atoms with Crippen LogP contribution in [-0.2, 0) is 4.79 Å². The highest BCUT2D eigenvalue weighted by Crippen LogP contribution is 2.26. The Morgan fingerprint density at radius 1 is 1.53 bits per heavy atom. The SMILES string of the molecule is Cl.NC1CCCCC1CC(=O)Nc1nncs1. The van der Waals surface area contributed by atoms with Gasteiger partial charge in [0.05, 0.1) is 0 Å². The first-order valence-corrected chi connectivity index (χ1v) is 6.45. The van der Waals surface area contributed by atoms with E-state index in [2.05, 4.69) is 15.5 Å². The Morgan fingerprint density at radius 2 is 2.29 bits per heavy atom. The molecule has 1 amide bonds. The highest BCUT2D eigenvalue weighted by atomic mass is 35.5. The predicted octanol–water partition coefficient (Wildman–Crippen LogP) is 1.81. The maximum atomic E-state index is 11.7. The molecule has 0 saturated heterocycles. The van der Waals surface area contributed by atoms with Crippen molar-refractivity contribution in [1.82, 2.24) is 10.2 Å². The van der Waals surface area contributed by atoms with Gasteiger partial charge in [0.2, 0.25) is 11.0 Å². The number of carbonyl (C=O) groups excluding carboxylic acids is 1. The molecule has 1 fully saturated rings. The van der Waals surface area contributed by atoms with Gasteiger partial charge in [-0.1, -0.05) is 24.2 Å². The Balaban J connectivity index is 0.00000144. The fourth-order valence-electron chi connectivity index (χ4n) is 2.13. The van der Waals surface area contributed by atoms with Gasteiger partial charge in [0, 0.05) is 12.5 Å². The van der Waals surface area contributed by atoms with Gasteiger partial charge in [-0.15, -0.1) is 22.6 Å². The van der Waals surface area contributed by atoms with Gasteiger partial charge in [-0.05, 0) is 18.8 Å². The third-order valence-corrected chi connectivity index (χ3v) is 3.63. The van der Waals surface area contributed by atoms with Crippen molar-refractivity contribution in [1.29, 1.82) is 0 Å². The summed E-state index contributed by atoms with van der Waals surface area (Å²) in [5, 5.41) is 10.7. The quantitative estimate of drug-likeness (QED) is 0.882. The van der Waals surface area contributed by atoms with E-state index in [4.69, 9.17) is 5.73 Å². The van der Waals surface area contributed by atoms with Gasteiger partial charge in [-0.25, -0.2) is 0 Å². The number of nitrogens with zero attached hydrogens (tertiary/aromatic N) is 2. The molecular formula is C10H17ClN4OS. The summed E-state index contributed by atoms with van der Waals surface area (Å²) in [6, 6.07) is 0.175. The Hall–Kier alpha value is -0.720. The van der Waals surface area contributed by atoms with Crippen LogP contribution in [0.25, 0.3) is 0 Å². The molecule has 7 heteroatoms. The zero-order valence-corrected chi connectivity index (χ0v) is 11.1. The van der Waals surface area contributed by atoms with Gasteiger partial charge in [-0.3, -0.25) is 4.79 Å². The Morgan fingerprint density at radius 3 is 2.94 bits per heavy atom. The number of amides is 1. The van der Waals surface area contributed by atoms with Gasteiger partial charge in [0.1, 0.15) is 5.51 Å². The standard InChI is InChI=1S/C10H16N4OS.ClH/c11-8-4-2-1-3-7(8)5-9(15)13-10-14-12-6-16-10;/h6-8H,1-5,11H2,(H,13,14,15);1H. The molecule has 1 heterocycles. The molecule has 17 heavy (non-hydrogen) atoms. The lowest BCUT2D eigenvalue weighted by Crippen LogP contribution is -2.35. The van der Waals surface area contributed by atoms with Crippen LogP contribution in [0.2, 0.25) is 0 Å². The monoisotopic (exact) mass is 276 g/mol. The highest BCUT2D eigenvalue weighted by molar-refractivity contribution is 7.13. The van der Waals surface area contributed by atoms with E-state index in [1.165, 1.54) is 24.2 Å². The fourth-order valence-corrected chi connectivity index (χ4v) is 2.59. The van der Waals surface area contributed by atoms with Crippen LogP contribution in [0, 0.1) is 5.92 Å². The number of hydrogen-bond donors (Lipinski definition) is 2. The third-order valence-electron chi connectivity index (χ3n) is 3.02. The summed E-state index contributed by atoms with van der Waals surface area (Å²) in [4.78, 5) is 11.7. The molecule has 1 aromatic rings. The van der Waals surface area contributed by atoms with E-state index in [0.717, 1.165) is 12.8 Å². The molecule has 1 aliphatic carbocycles. The zero-order chi connectivity index (χ0) is 11.4. The molecule has 0 bridgehead atoms. The Bertz CT molecular complexity index is 346. The number of rotatable bonds is 3. The van der Waals surface area contributed by atoms with Crippen molar-refractivity contribution < 1.29 is 4.79 Å². The molecule has 3 N–H and O–H groups in total. The Kier molecular flexibility index (Phi) is 5.80. The molecule has 0 aromatic carbocycles. The van der Waals surface area contributed by atoms with E-state index in [9.17, 15) is 4.79 Å². The van der Waals surface area contributed by atoms with Crippen molar-refractivity contribution in [2.24, 2.45) is 11.7 Å². The van der Waals surface area contributed by atoms with E-state index in [-0.39, 0.29) is 24.4 Å². The van der Waals surface area contributed by atoms with E-state index in [1.807, 2.05) is 0 Å². The lowest BCUT2D eigenvalue weighted by Gasteiger charge is -2.27. The van der Waals surface area contributed by atoms with Crippen molar-refractivity contribution in [2.45, 2.75) is 38.1 Å². The van der Waals surface area contributed by atoms with Crippen LogP contribution in [0.1, 0.15) is 32.1 Å². The predicted molar refractivity (Wildman–Crippen MR) is 70.3 cm³/mol. The molecule has 1 aromatic heterocycles. The Labute approximate surface area is 111 Å². The number of nitrogens with one attached hydrogen (secondary N) is 1. The van der Waals surface area contributed by atoms with Gasteiger partial charge in [-0.2, -0.15) is 0 Å². The minimum Gasteiger partial charge on any atom is -0.327 e. The molecular weight excluding hydrogens is 260 g/mol. The molecule has 0 radical (unpaired) electrons. The van der Waals surface area contributed by atoms with E-state index >= 15 is 0 Å². The molecule has 1 saturated carbocycles. The summed E-state index contributed by atoms with van der Waals surface area (Å²) >= 11 is 1.33. The van der Waals surface area contributed by atoms with Crippen molar-refractivity contribution >= 4 is 34.8 Å². The minimum absolute atomic E-state index is 0. The van der Waals surface area contributed by atoms with Crippen molar-refractivity contribution in [3.8, 4) is 0 Å². The fraction of sp³-hybridized carbons (Fsp3) is 0.700. The number of aromatic nitrogens is 2. The average molecular weight is 277 g/mol. The van der Waals surface area contributed by atoms with Crippen LogP contribution in [0.4, 0.5) is 5.13 Å². The first-order valence-electron chi connectivity index (χ1n) is 5.57. The normalized spacial score (nSPS) is 23.8. The van der Waals surface area contributed by atoms with Crippen LogP contribution < -0.4 is 11.1 Å². The van der Waals surface area contributed by atoms with Crippen LogP contribution in [0.3, 0.4) is 0 Å². The van der Waals surface area contributed by atoms with Crippen molar-refractivity contribution in [3.63, 3.8) is 0 Å². The topological polar surface area (TPSA) is 80.9 Å². The van der Waals surface area contributed by atoms with E-state index in [1.54, 1.807) is 5.51 Å². The molecule has 2 unspecified atom stereocenters. The summed E-state index contributed by atoms with van der Waals surface area (Å²) in [7, 11) is 0. The van der Waals surface area contributed by atoms with Crippen LogP contribution >= 0.6 is 23.7 Å². The number of hydrogen-bond acceptors (Lipinski definition) is 5. The summed E-state index contributed by atoms with van der Waals surface area (Å²) in [6.45, 7) is 0. The number of anilines is 1. The van der Waals surface area contributed by atoms with Crippen LogP contribution in [-0.4, -0.2) is 22.1 Å². The van der Waals surface area contributed by atoms with Crippen molar-refractivity contribution in [2.75, 3.05) is 5.32 Å². The lowest BCUT2D eigenvalue weighted by molar-refractivity contribution is -0.117. The molecule has 0 aliphatic heterocycles. The minimum atomic E-state index is -0.000833. The lowest BCUT2D eigenvalue weighted by atomic mass is 9.83. The van der Waals surface area contributed by atoms with Gasteiger partial charge in [0.15, 0.2) is 0 Å². The molecule has 0 spiro atoms. The largest absolute Gasteiger partial charge is 0.327 e. The van der Waals surface area contributed by atoms with Crippen LogP contribution in [0.5, 0.6) is 0 Å². The molecule has 5 nitrogen and oxygen atoms in total. The second kappa shape index (κ2) is 6.88. The van der Waals surface area contributed by atoms with E-state index in [0.29, 0.717) is 17.5 Å². The number of carbonyl (C=O) groups is 1. The first-order chi connectivity index (χ1) is 7.75. The number of nitrogens with two attached hydrogens (primary N) is 1. The maximum absolute atomic E-state index is 11.7. The second-order valence-electron chi connectivity index (χ2n) is 4.20. The summed E-state index contributed by atoms with van der Waals surface area (Å²) < 4.78 is 0. The third kappa shape index (κ3) is 4.22. The molecule has 1 aliphatic rings. The van der Waals surface area contributed by atoms with Crippen LogP contribution in [0.15, 0.2) is 5.51 Å². The smallest absolute Gasteiger partial charge is 0.226 e. The van der Waals surface area contributed by atoms with Gasteiger partial charge >= 0.3 is 0 Å². The van der Waals surface area contributed by atoms with Crippen molar-refractivity contribution in [3.05, 3.63) is 5.51 Å². The summed E-state index contributed by atoms with van der Waals surface area (Å²) in [5.74, 6) is 0.320. The number of halogens is 1. The van der Waals surface area contributed by atoms with Gasteiger partial charge < -0.3 is 11.1 Å². The maximum Gasteiger partial charge on any atom is 0.226 e. The zero-order valence-electron chi connectivity index (χ0n) is 9.46. The second-order valence-corrected chi connectivity index (χ2v) is 5.04. The average Bonchev–Trinajstić information content (AvgIpc) is 2.74. The molecule has 96 valence electrons. The summed E-state index contributed by atoms with van der Waals surface area (Å²) in [6.07, 6.45) is 4.97.